The lowest BCUT2D eigenvalue weighted by Gasteiger charge is -2.28. The van der Waals surface area contributed by atoms with E-state index in [1.54, 1.807) is 0 Å². The van der Waals surface area contributed by atoms with Gasteiger partial charge in [-0.2, -0.15) is 26.3 Å². The maximum Gasteiger partial charge on any atom is 0.433 e. The Kier molecular flexibility index (Phi) is 6.76. The largest absolute Gasteiger partial charge is 0.433 e. The molecule has 3 heterocycles. The zero-order valence-electron chi connectivity index (χ0n) is 13.5. The summed E-state index contributed by atoms with van der Waals surface area (Å²) in [6.07, 6.45) is -7.14. The first-order valence-corrected chi connectivity index (χ1v) is 7.85. The third kappa shape index (κ3) is 6.47. The van der Waals surface area contributed by atoms with Gasteiger partial charge in [0.05, 0.1) is 0 Å². The summed E-state index contributed by atoms with van der Waals surface area (Å²) in [5.74, 6) is 0.337. The highest BCUT2D eigenvalue weighted by atomic mass is 35.5. The molecule has 0 aromatic carbocycles. The summed E-state index contributed by atoms with van der Waals surface area (Å²) in [6, 6.07) is 1.66. The Bertz CT molecular complexity index is 747. The monoisotopic (exact) mass is 414 g/mol. The first-order chi connectivity index (χ1) is 12.6. The molecule has 27 heavy (non-hydrogen) atoms. The van der Waals surface area contributed by atoms with E-state index in [1.165, 1.54) is 0 Å². The minimum atomic E-state index is -4.45. The van der Waals surface area contributed by atoms with Crippen LogP contribution in [0.3, 0.4) is 0 Å². The molecule has 0 saturated carbocycles. The molecule has 0 aliphatic carbocycles. The van der Waals surface area contributed by atoms with E-state index in [4.69, 9.17) is 11.6 Å². The Hall–Kier alpha value is -2.21. The van der Waals surface area contributed by atoms with Gasteiger partial charge in [0, 0.05) is 38.3 Å². The molecular weight excluding hydrogens is 402 g/mol. The number of hydrogen-bond donors (Lipinski definition) is 1. The second-order valence-corrected chi connectivity index (χ2v) is 5.61. The van der Waals surface area contributed by atoms with Gasteiger partial charge in [-0.1, -0.05) is 11.6 Å². The lowest BCUT2D eigenvalue weighted by molar-refractivity contribution is -0.142. The van der Waals surface area contributed by atoms with Gasteiger partial charge in [-0.05, 0) is 0 Å². The smallest absolute Gasteiger partial charge is 0.354 e. The quantitative estimate of drug-likeness (QED) is 0.571. The van der Waals surface area contributed by atoms with Gasteiger partial charge in [0.1, 0.15) is 35.0 Å². The molecule has 1 saturated heterocycles. The van der Waals surface area contributed by atoms with Gasteiger partial charge >= 0.3 is 12.4 Å². The van der Waals surface area contributed by atoms with Crippen molar-refractivity contribution in [2.45, 2.75) is 12.4 Å². The fourth-order valence-electron chi connectivity index (χ4n) is 2.06. The number of nitrogens with zero attached hydrogens (tertiary/aromatic N) is 5. The van der Waals surface area contributed by atoms with E-state index in [9.17, 15) is 26.3 Å². The fourth-order valence-corrected chi connectivity index (χ4v) is 2.20. The van der Waals surface area contributed by atoms with Crippen molar-refractivity contribution in [3.8, 4) is 0 Å². The fraction of sp³-hybridized carbons (Fsp3) is 0.429. The van der Waals surface area contributed by atoms with E-state index in [0.717, 1.165) is 31.8 Å². The summed E-state index contributed by atoms with van der Waals surface area (Å²) in [6.45, 7) is 2.83. The zero-order valence-corrected chi connectivity index (χ0v) is 14.3. The van der Waals surface area contributed by atoms with Crippen LogP contribution in [0.1, 0.15) is 11.4 Å². The van der Waals surface area contributed by atoms with Crippen molar-refractivity contribution >= 4 is 17.4 Å². The number of rotatable bonds is 1. The van der Waals surface area contributed by atoms with Gasteiger partial charge in [0.2, 0.25) is 0 Å². The zero-order chi connectivity index (χ0) is 20.1. The Labute approximate surface area is 154 Å². The number of aromatic nitrogens is 4. The Morgan fingerprint density at radius 1 is 0.815 bits per heavy atom. The molecular formula is C14H13ClF6N6. The molecule has 148 valence electrons. The van der Waals surface area contributed by atoms with Crippen molar-refractivity contribution in [3.63, 3.8) is 0 Å². The van der Waals surface area contributed by atoms with Crippen LogP contribution >= 0.6 is 11.6 Å². The maximum absolute atomic E-state index is 12.4. The summed E-state index contributed by atoms with van der Waals surface area (Å²) in [7, 11) is 0. The highest BCUT2D eigenvalue weighted by Gasteiger charge is 2.33. The highest BCUT2D eigenvalue weighted by molar-refractivity contribution is 6.29. The van der Waals surface area contributed by atoms with Crippen molar-refractivity contribution in [2.24, 2.45) is 0 Å². The molecule has 2 aromatic heterocycles. The summed E-state index contributed by atoms with van der Waals surface area (Å²) >= 11 is 5.20. The van der Waals surface area contributed by atoms with Crippen LogP contribution in [0, 0.1) is 0 Å². The highest BCUT2D eigenvalue weighted by Crippen LogP contribution is 2.29. The molecule has 0 unspecified atom stereocenters. The standard InChI is InChI=1S/C9H11F3N4.C5H2ClF3N2/c10-9(11,12)7-5-8(15-6-14-7)16-3-1-13-2-4-16;6-4-1-3(5(7,8)9)10-2-11-4/h5-6,13H,1-4H2;1-2H. The topological polar surface area (TPSA) is 66.8 Å². The SMILES string of the molecule is FC(F)(F)c1cc(Cl)ncn1.FC(F)(F)c1cc(N2CCNCC2)ncn1. The Morgan fingerprint density at radius 3 is 1.81 bits per heavy atom. The van der Waals surface area contributed by atoms with Gasteiger partial charge in [-0.3, -0.25) is 0 Å². The molecule has 1 fully saturated rings. The lowest BCUT2D eigenvalue weighted by Crippen LogP contribution is -2.44. The third-order valence-corrected chi connectivity index (χ3v) is 3.51. The van der Waals surface area contributed by atoms with Crippen molar-refractivity contribution < 1.29 is 26.3 Å². The van der Waals surface area contributed by atoms with Crippen LogP contribution in [0.15, 0.2) is 24.8 Å². The summed E-state index contributed by atoms with van der Waals surface area (Å²) < 4.78 is 72.7. The van der Waals surface area contributed by atoms with Crippen LogP contribution < -0.4 is 10.2 Å². The minimum absolute atomic E-state index is 0.215. The molecule has 3 rings (SSSR count). The van der Waals surface area contributed by atoms with Crippen LogP contribution in [-0.4, -0.2) is 46.1 Å². The molecule has 0 amide bonds. The van der Waals surface area contributed by atoms with Crippen LogP contribution in [0.4, 0.5) is 32.2 Å². The molecule has 13 heteroatoms. The van der Waals surface area contributed by atoms with E-state index in [0.29, 0.717) is 25.0 Å². The molecule has 0 atom stereocenters. The molecule has 1 aliphatic rings. The summed E-state index contributed by atoms with van der Waals surface area (Å²) in [4.78, 5) is 15.2. The number of nitrogens with one attached hydrogen (secondary N) is 1. The maximum atomic E-state index is 12.4. The Balaban J connectivity index is 0.000000208. The molecule has 2 aromatic rings. The number of piperazine rings is 1. The number of alkyl halides is 6. The molecule has 0 spiro atoms. The molecule has 1 N–H and O–H groups in total. The van der Waals surface area contributed by atoms with Gasteiger partial charge in [-0.25, -0.2) is 19.9 Å². The first kappa shape index (κ1) is 21.1. The molecule has 6 nitrogen and oxygen atoms in total. The van der Waals surface area contributed by atoms with Gasteiger partial charge in [0.25, 0.3) is 0 Å². The minimum Gasteiger partial charge on any atom is -0.354 e. The first-order valence-electron chi connectivity index (χ1n) is 7.47. The lowest BCUT2D eigenvalue weighted by atomic mass is 10.3. The average molecular weight is 415 g/mol. The number of halogens is 7. The van der Waals surface area contributed by atoms with Crippen LogP contribution in [0.25, 0.3) is 0 Å². The molecule has 0 radical (unpaired) electrons. The predicted octanol–water partition coefficient (Wildman–Crippen LogP) is 3.05. The molecule has 1 aliphatic heterocycles. The number of hydrogen-bond acceptors (Lipinski definition) is 6. The molecule has 0 bridgehead atoms. The van der Waals surface area contributed by atoms with Crippen molar-refractivity contribution in [2.75, 3.05) is 31.1 Å². The third-order valence-electron chi connectivity index (χ3n) is 3.31. The van der Waals surface area contributed by atoms with Crippen molar-refractivity contribution in [1.29, 1.82) is 0 Å². The van der Waals surface area contributed by atoms with Gasteiger partial charge in [0.15, 0.2) is 0 Å². The van der Waals surface area contributed by atoms with Crippen LogP contribution in [-0.2, 0) is 12.4 Å². The van der Waals surface area contributed by atoms with Crippen LogP contribution in [0.5, 0.6) is 0 Å². The van der Waals surface area contributed by atoms with Crippen molar-refractivity contribution in [1.82, 2.24) is 25.3 Å². The summed E-state index contributed by atoms with van der Waals surface area (Å²) in [5, 5.41) is 2.91. The number of anilines is 1. The van der Waals surface area contributed by atoms with Gasteiger partial charge in [-0.15, -0.1) is 0 Å². The van der Waals surface area contributed by atoms with Crippen LogP contribution in [0.2, 0.25) is 5.15 Å². The second-order valence-electron chi connectivity index (χ2n) is 5.22. The van der Waals surface area contributed by atoms with Crippen molar-refractivity contribution in [3.05, 3.63) is 41.3 Å². The second kappa shape index (κ2) is 8.65. The van der Waals surface area contributed by atoms with E-state index in [-0.39, 0.29) is 5.15 Å². The normalized spacial score (nSPS) is 15.1. The van der Waals surface area contributed by atoms with E-state index in [1.807, 2.05) is 4.90 Å². The summed E-state index contributed by atoms with van der Waals surface area (Å²) in [5.41, 5.74) is -1.92. The average Bonchev–Trinajstić information content (AvgIpc) is 2.62. The van der Waals surface area contributed by atoms with E-state index in [2.05, 4.69) is 25.3 Å². The van der Waals surface area contributed by atoms with E-state index >= 15 is 0 Å². The Morgan fingerprint density at radius 2 is 1.33 bits per heavy atom. The van der Waals surface area contributed by atoms with Gasteiger partial charge < -0.3 is 10.2 Å². The predicted molar refractivity (Wildman–Crippen MR) is 84.2 cm³/mol. The van der Waals surface area contributed by atoms with E-state index < -0.39 is 23.7 Å².